The molecule has 4 heterocycles. The summed E-state index contributed by atoms with van der Waals surface area (Å²) in [5.41, 5.74) is 0.495. The van der Waals surface area contributed by atoms with Gasteiger partial charge in [0.25, 0.3) is 5.91 Å². The Morgan fingerprint density at radius 3 is 2.50 bits per heavy atom. The molecule has 2 aliphatic rings. The highest BCUT2D eigenvalue weighted by Crippen LogP contribution is 2.31. The summed E-state index contributed by atoms with van der Waals surface area (Å²) in [6, 6.07) is 2.67. The second-order valence-electron chi connectivity index (χ2n) is 6.78. The Morgan fingerprint density at radius 1 is 1.15 bits per heavy atom. The fourth-order valence-electron chi connectivity index (χ4n) is 3.89. The summed E-state index contributed by atoms with van der Waals surface area (Å²) in [7, 11) is -3.24. The van der Waals surface area contributed by atoms with Gasteiger partial charge in [-0.1, -0.05) is 0 Å². The maximum absolute atomic E-state index is 13.1. The number of hydrogen-bond acceptors (Lipinski definition) is 7. The summed E-state index contributed by atoms with van der Waals surface area (Å²) < 4.78 is 30.1. The zero-order valence-electron chi connectivity index (χ0n) is 14.6. The third-order valence-electron chi connectivity index (χ3n) is 5.02. The average molecular weight is 376 g/mol. The van der Waals surface area contributed by atoms with E-state index in [0.717, 1.165) is 0 Å². The minimum absolute atomic E-state index is 0.00307. The highest BCUT2D eigenvalue weighted by atomic mass is 32.2. The highest BCUT2D eigenvalue weighted by Gasteiger charge is 2.49. The molecule has 0 N–H and O–H groups in total. The van der Waals surface area contributed by atoms with Gasteiger partial charge < -0.3 is 14.2 Å². The Labute approximate surface area is 151 Å². The molecule has 0 aliphatic carbocycles. The van der Waals surface area contributed by atoms with E-state index in [1.165, 1.54) is 0 Å². The molecule has 2 unspecified atom stereocenters. The number of nitrogens with zero attached hydrogens (tertiary/aromatic N) is 4. The Bertz CT molecular complexity index is 941. The molecule has 0 saturated carbocycles. The number of furan rings is 1. The lowest BCUT2D eigenvalue weighted by atomic mass is 10.0. The monoisotopic (exact) mass is 376 g/mol. The number of aromatic nitrogens is 2. The lowest BCUT2D eigenvalue weighted by molar-refractivity contribution is 0.0646. The molecule has 2 aromatic heterocycles. The van der Waals surface area contributed by atoms with Gasteiger partial charge in [0.1, 0.15) is 11.5 Å². The van der Waals surface area contributed by atoms with Crippen LogP contribution in [0.2, 0.25) is 0 Å². The van der Waals surface area contributed by atoms with E-state index in [1.807, 2.05) is 4.90 Å². The van der Waals surface area contributed by atoms with Crippen LogP contribution in [0, 0.1) is 13.8 Å². The fourth-order valence-corrected chi connectivity index (χ4v) is 5.87. The standard InChI is InChI=1S/C17H20N4O4S/c1-11-8-13(12(2)25-11)16(22)20-6-7-21(17-18-4-3-5-19-17)15-10-26(23,24)9-14(15)20/h3-5,8,14-15H,6-7,9-10H2,1-2H3. The van der Waals surface area contributed by atoms with E-state index in [1.54, 1.807) is 43.3 Å². The number of piperazine rings is 1. The molecule has 26 heavy (non-hydrogen) atoms. The number of fused-ring (bicyclic) bond motifs is 1. The van der Waals surface area contributed by atoms with Crippen LogP contribution < -0.4 is 4.90 Å². The van der Waals surface area contributed by atoms with Crippen molar-refractivity contribution in [1.29, 1.82) is 0 Å². The van der Waals surface area contributed by atoms with Crippen LogP contribution in [0.4, 0.5) is 5.95 Å². The number of rotatable bonds is 2. The van der Waals surface area contributed by atoms with Gasteiger partial charge in [0, 0.05) is 25.5 Å². The smallest absolute Gasteiger partial charge is 0.257 e. The molecule has 9 heteroatoms. The Hall–Kier alpha value is -2.42. The number of anilines is 1. The van der Waals surface area contributed by atoms with E-state index >= 15 is 0 Å². The van der Waals surface area contributed by atoms with Gasteiger partial charge in [-0.25, -0.2) is 18.4 Å². The topological polar surface area (TPSA) is 96.6 Å². The van der Waals surface area contributed by atoms with E-state index in [2.05, 4.69) is 9.97 Å². The quantitative estimate of drug-likeness (QED) is 0.765. The van der Waals surface area contributed by atoms with Gasteiger partial charge in [-0.05, 0) is 26.0 Å². The molecule has 2 aromatic rings. The number of carbonyl (C=O) groups is 1. The molecule has 2 fully saturated rings. The second-order valence-corrected chi connectivity index (χ2v) is 8.93. The van der Waals surface area contributed by atoms with Crippen molar-refractivity contribution in [3.05, 3.63) is 41.6 Å². The first-order valence-corrected chi connectivity index (χ1v) is 10.3. The van der Waals surface area contributed by atoms with Crippen molar-refractivity contribution in [2.75, 3.05) is 29.5 Å². The van der Waals surface area contributed by atoms with Crippen molar-refractivity contribution in [1.82, 2.24) is 14.9 Å². The van der Waals surface area contributed by atoms with Gasteiger partial charge in [0.2, 0.25) is 5.95 Å². The molecule has 1 amide bonds. The van der Waals surface area contributed by atoms with Gasteiger partial charge in [0.15, 0.2) is 9.84 Å². The third kappa shape index (κ3) is 2.86. The maximum Gasteiger partial charge on any atom is 0.257 e. The fraction of sp³-hybridized carbons (Fsp3) is 0.471. The van der Waals surface area contributed by atoms with Gasteiger partial charge in [-0.3, -0.25) is 4.79 Å². The average Bonchev–Trinajstić information content (AvgIpc) is 3.11. The molecule has 8 nitrogen and oxygen atoms in total. The predicted octanol–water partition coefficient (Wildman–Crippen LogP) is 0.814. The van der Waals surface area contributed by atoms with Gasteiger partial charge in [-0.2, -0.15) is 0 Å². The zero-order chi connectivity index (χ0) is 18.5. The summed E-state index contributed by atoms with van der Waals surface area (Å²) in [6.07, 6.45) is 3.27. The number of amides is 1. The molecule has 0 bridgehead atoms. The van der Waals surface area contributed by atoms with Crippen molar-refractivity contribution >= 4 is 21.7 Å². The largest absolute Gasteiger partial charge is 0.466 e. The first-order chi connectivity index (χ1) is 12.4. The minimum atomic E-state index is -3.24. The Kier molecular flexibility index (Phi) is 3.98. The van der Waals surface area contributed by atoms with Crippen LogP contribution in [0.3, 0.4) is 0 Å². The summed E-state index contributed by atoms with van der Waals surface area (Å²) >= 11 is 0. The van der Waals surface area contributed by atoms with Crippen molar-refractivity contribution < 1.29 is 17.6 Å². The van der Waals surface area contributed by atoms with Crippen LogP contribution in [0.25, 0.3) is 0 Å². The molecule has 0 spiro atoms. The summed E-state index contributed by atoms with van der Waals surface area (Å²) in [5, 5.41) is 0. The van der Waals surface area contributed by atoms with E-state index in [-0.39, 0.29) is 23.5 Å². The molecular weight excluding hydrogens is 356 g/mol. The van der Waals surface area contributed by atoms with Crippen molar-refractivity contribution in [2.24, 2.45) is 0 Å². The van der Waals surface area contributed by atoms with Gasteiger partial charge in [-0.15, -0.1) is 0 Å². The van der Waals surface area contributed by atoms with Crippen LogP contribution in [-0.2, 0) is 9.84 Å². The SMILES string of the molecule is Cc1cc(C(=O)N2CCN(c3ncccn3)C3CS(=O)(=O)CC32)c(C)o1. The van der Waals surface area contributed by atoms with Crippen molar-refractivity contribution in [3.63, 3.8) is 0 Å². The molecule has 2 atom stereocenters. The zero-order valence-corrected chi connectivity index (χ0v) is 15.4. The molecule has 2 aliphatic heterocycles. The summed E-state index contributed by atoms with van der Waals surface area (Å²) in [4.78, 5) is 25.1. The van der Waals surface area contributed by atoms with E-state index < -0.39 is 15.9 Å². The highest BCUT2D eigenvalue weighted by molar-refractivity contribution is 7.91. The van der Waals surface area contributed by atoms with Crippen LogP contribution in [-0.4, -0.2) is 65.9 Å². The minimum Gasteiger partial charge on any atom is -0.466 e. The summed E-state index contributed by atoms with van der Waals surface area (Å²) in [5.74, 6) is 1.50. The predicted molar refractivity (Wildman–Crippen MR) is 94.8 cm³/mol. The first kappa shape index (κ1) is 17.0. The van der Waals surface area contributed by atoms with Gasteiger partial charge in [0.05, 0.1) is 29.2 Å². The molecule has 4 rings (SSSR count). The van der Waals surface area contributed by atoms with Crippen molar-refractivity contribution in [3.8, 4) is 0 Å². The number of carbonyl (C=O) groups excluding carboxylic acids is 1. The van der Waals surface area contributed by atoms with Crippen molar-refractivity contribution in [2.45, 2.75) is 25.9 Å². The third-order valence-corrected chi connectivity index (χ3v) is 6.72. The Balaban J connectivity index is 1.67. The van der Waals surface area contributed by atoms with Crippen LogP contribution >= 0.6 is 0 Å². The number of sulfone groups is 1. The van der Waals surface area contributed by atoms with Crippen LogP contribution in [0.5, 0.6) is 0 Å². The van der Waals surface area contributed by atoms with E-state index in [9.17, 15) is 13.2 Å². The van der Waals surface area contributed by atoms with E-state index in [0.29, 0.717) is 36.1 Å². The Morgan fingerprint density at radius 2 is 1.85 bits per heavy atom. The van der Waals surface area contributed by atoms with Crippen LogP contribution in [0.15, 0.2) is 28.9 Å². The van der Waals surface area contributed by atoms with Gasteiger partial charge >= 0.3 is 0 Å². The van der Waals surface area contributed by atoms with Crippen LogP contribution in [0.1, 0.15) is 21.9 Å². The molecule has 0 radical (unpaired) electrons. The lowest BCUT2D eigenvalue weighted by Gasteiger charge is -2.43. The molecule has 138 valence electrons. The first-order valence-electron chi connectivity index (χ1n) is 8.48. The molecular formula is C17H20N4O4S. The number of aryl methyl sites for hydroxylation is 2. The lowest BCUT2D eigenvalue weighted by Crippen LogP contribution is -2.61. The maximum atomic E-state index is 13.1. The summed E-state index contributed by atoms with van der Waals surface area (Å²) in [6.45, 7) is 4.44. The van der Waals surface area contributed by atoms with E-state index in [4.69, 9.17) is 4.42 Å². The molecule has 0 aromatic carbocycles. The molecule has 2 saturated heterocycles. The normalized spacial score (nSPS) is 24.5. The second kappa shape index (κ2) is 6.08. The number of hydrogen-bond donors (Lipinski definition) is 0.